The van der Waals surface area contributed by atoms with E-state index in [2.05, 4.69) is 4.98 Å². The van der Waals surface area contributed by atoms with Crippen LogP contribution >= 0.6 is 11.8 Å². The van der Waals surface area contributed by atoms with Gasteiger partial charge in [0.2, 0.25) is 0 Å². The van der Waals surface area contributed by atoms with Crippen LogP contribution in [0.1, 0.15) is 17.4 Å². The maximum absolute atomic E-state index is 13.1. The maximum Gasteiger partial charge on any atom is 0.298 e. The third kappa shape index (κ3) is 3.86. The molecule has 0 spiro atoms. The van der Waals surface area contributed by atoms with Crippen LogP contribution in [-0.2, 0) is 4.79 Å². The van der Waals surface area contributed by atoms with Gasteiger partial charge in [0.25, 0.3) is 11.1 Å². The Morgan fingerprint density at radius 2 is 1.85 bits per heavy atom. The number of ether oxygens (including phenoxy) is 1. The quantitative estimate of drug-likeness (QED) is 0.330. The Labute approximate surface area is 198 Å². The molecule has 34 heavy (non-hydrogen) atoms. The second-order valence-electron chi connectivity index (χ2n) is 7.51. The molecule has 9 heteroatoms. The molecule has 0 atom stereocenters. The van der Waals surface area contributed by atoms with Crippen LogP contribution in [0.15, 0.2) is 78.0 Å². The summed E-state index contributed by atoms with van der Waals surface area (Å²) in [4.78, 5) is 31.6. The molecular formula is C25H19N3O5S. The van der Waals surface area contributed by atoms with Gasteiger partial charge in [-0.1, -0.05) is 18.2 Å². The molecule has 2 aromatic carbocycles. The number of pyridine rings is 1. The van der Waals surface area contributed by atoms with Gasteiger partial charge in [0.15, 0.2) is 6.29 Å². The summed E-state index contributed by atoms with van der Waals surface area (Å²) in [5, 5.41) is 19.0. The summed E-state index contributed by atoms with van der Waals surface area (Å²) in [6.07, 6.45) is 3.64. The average Bonchev–Trinajstić information content (AvgIpc) is 3.35. The van der Waals surface area contributed by atoms with Crippen LogP contribution in [0.4, 0.5) is 10.5 Å². The molecule has 1 aliphatic heterocycles. The third-order valence-corrected chi connectivity index (χ3v) is 6.34. The van der Waals surface area contributed by atoms with Crippen molar-refractivity contribution in [2.24, 2.45) is 0 Å². The summed E-state index contributed by atoms with van der Waals surface area (Å²) in [6.45, 7) is 0. The SMILES string of the molecule is COc1ccc2c(c1)c(C=C1SC(=O)N(c3ccc(C(O)O)cc3)C1=O)cn2-c1ccccn1. The van der Waals surface area contributed by atoms with Gasteiger partial charge >= 0.3 is 0 Å². The fourth-order valence-corrected chi connectivity index (χ4v) is 4.62. The van der Waals surface area contributed by atoms with E-state index in [4.69, 9.17) is 4.74 Å². The molecule has 0 unspecified atom stereocenters. The van der Waals surface area contributed by atoms with Crippen LogP contribution in [-0.4, -0.2) is 38.0 Å². The third-order valence-electron chi connectivity index (χ3n) is 5.47. The summed E-state index contributed by atoms with van der Waals surface area (Å²) in [5.41, 5.74) is 2.24. The van der Waals surface area contributed by atoms with E-state index < -0.39 is 17.4 Å². The lowest BCUT2D eigenvalue weighted by atomic mass is 10.1. The standard InChI is InChI=1S/C25H19N3O5S/c1-33-18-9-10-20-19(13-18)16(14-27(20)22-4-2-3-11-26-22)12-21-23(29)28(25(32)34-21)17-7-5-15(6-8-17)24(30)31/h2-14,24,30-31H,1H3. The van der Waals surface area contributed by atoms with E-state index in [-0.39, 0.29) is 10.5 Å². The van der Waals surface area contributed by atoms with Crippen molar-refractivity contribution in [2.45, 2.75) is 6.29 Å². The summed E-state index contributed by atoms with van der Waals surface area (Å²) >= 11 is 0.849. The minimum atomic E-state index is -1.63. The Bertz CT molecular complexity index is 1430. The Morgan fingerprint density at radius 1 is 1.06 bits per heavy atom. The molecule has 1 saturated heterocycles. The first-order chi connectivity index (χ1) is 16.5. The summed E-state index contributed by atoms with van der Waals surface area (Å²) < 4.78 is 7.31. The summed E-state index contributed by atoms with van der Waals surface area (Å²) in [7, 11) is 1.59. The number of methoxy groups -OCH3 is 1. The van der Waals surface area contributed by atoms with E-state index in [1.54, 1.807) is 19.4 Å². The number of hydrogen-bond acceptors (Lipinski definition) is 7. The predicted molar refractivity (Wildman–Crippen MR) is 130 cm³/mol. The Balaban J connectivity index is 1.56. The van der Waals surface area contributed by atoms with Gasteiger partial charge in [0.05, 0.1) is 23.2 Å². The molecule has 1 aliphatic rings. The van der Waals surface area contributed by atoms with Gasteiger partial charge in [-0.15, -0.1) is 0 Å². The van der Waals surface area contributed by atoms with Gasteiger partial charge in [-0.25, -0.2) is 9.88 Å². The molecule has 3 heterocycles. The molecule has 0 saturated carbocycles. The van der Waals surface area contributed by atoms with Crippen molar-refractivity contribution in [2.75, 3.05) is 12.0 Å². The van der Waals surface area contributed by atoms with E-state index in [0.29, 0.717) is 11.4 Å². The first-order valence-electron chi connectivity index (χ1n) is 10.3. The summed E-state index contributed by atoms with van der Waals surface area (Å²) in [6, 6.07) is 17.2. The van der Waals surface area contributed by atoms with E-state index >= 15 is 0 Å². The molecule has 2 aromatic heterocycles. The lowest BCUT2D eigenvalue weighted by Crippen LogP contribution is -2.27. The van der Waals surface area contributed by atoms with E-state index in [0.717, 1.165) is 38.9 Å². The van der Waals surface area contributed by atoms with Crippen molar-refractivity contribution in [3.63, 3.8) is 0 Å². The molecule has 4 aromatic rings. The number of aliphatic hydroxyl groups is 2. The Hall–Kier alpha value is -3.92. The van der Waals surface area contributed by atoms with Crippen LogP contribution in [0, 0.1) is 0 Å². The smallest absolute Gasteiger partial charge is 0.298 e. The molecule has 1 fully saturated rings. The van der Waals surface area contributed by atoms with Crippen molar-refractivity contribution in [3.05, 3.63) is 89.1 Å². The number of aliphatic hydroxyl groups excluding tert-OH is 1. The number of rotatable bonds is 5. The van der Waals surface area contributed by atoms with Gasteiger partial charge in [0.1, 0.15) is 11.6 Å². The van der Waals surface area contributed by atoms with Crippen LogP contribution < -0.4 is 9.64 Å². The highest BCUT2D eigenvalue weighted by atomic mass is 32.2. The largest absolute Gasteiger partial charge is 0.497 e. The highest BCUT2D eigenvalue weighted by molar-refractivity contribution is 8.19. The molecule has 0 bridgehead atoms. The maximum atomic E-state index is 13.1. The fourth-order valence-electron chi connectivity index (χ4n) is 3.79. The number of anilines is 1. The number of aromatic nitrogens is 2. The van der Waals surface area contributed by atoms with Gasteiger partial charge in [-0.3, -0.25) is 9.59 Å². The Kier molecular flexibility index (Phi) is 5.66. The number of nitrogens with zero attached hydrogens (tertiary/aromatic N) is 3. The lowest BCUT2D eigenvalue weighted by Gasteiger charge is -2.13. The number of benzene rings is 2. The molecule has 2 N–H and O–H groups in total. The number of amides is 2. The van der Waals surface area contributed by atoms with Crippen molar-refractivity contribution in [1.82, 2.24) is 9.55 Å². The van der Waals surface area contributed by atoms with Crippen LogP contribution in [0.25, 0.3) is 22.8 Å². The fraction of sp³-hybridized carbons (Fsp3) is 0.0800. The van der Waals surface area contributed by atoms with E-state index in [1.807, 2.05) is 47.2 Å². The number of carbonyl (C=O) groups is 2. The number of fused-ring (bicyclic) bond motifs is 1. The van der Waals surface area contributed by atoms with Gasteiger partial charge < -0.3 is 19.5 Å². The van der Waals surface area contributed by atoms with Crippen LogP contribution in [0.2, 0.25) is 0 Å². The highest BCUT2D eigenvalue weighted by Gasteiger charge is 2.36. The predicted octanol–water partition coefficient (Wildman–Crippen LogP) is 4.26. The second kappa shape index (κ2) is 8.79. The molecule has 170 valence electrons. The molecule has 0 aliphatic carbocycles. The molecule has 2 amide bonds. The van der Waals surface area contributed by atoms with E-state index in [1.165, 1.54) is 24.3 Å². The topological polar surface area (TPSA) is 105 Å². The first kappa shape index (κ1) is 21.9. The zero-order valence-electron chi connectivity index (χ0n) is 18.0. The molecule has 5 rings (SSSR count). The van der Waals surface area contributed by atoms with Crippen molar-refractivity contribution in [3.8, 4) is 11.6 Å². The van der Waals surface area contributed by atoms with Crippen LogP contribution in [0.5, 0.6) is 5.75 Å². The minimum Gasteiger partial charge on any atom is -0.497 e. The summed E-state index contributed by atoms with van der Waals surface area (Å²) in [5.74, 6) is 0.936. The van der Waals surface area contributed by atoms with Crippen molar-refractivity contribution < 1.29 is 24.5 Å². The Morgan fingerprint density at radius 3 is 2.53 bits per heavy atom. The zero-order valence-corrected chi connectivity index (χ0v) is 18.8. The molecule has 0 radical (unpaired) electrons. The molecule has 8 nitrogen and oxygen atoms in total. The number of hydrogen-bond donors (Lipinski definition) is 2. The number of imide groups is 1. The van der Waals surface area contributed by atoms with Gasteiger partial charge in [0, 0.05) is 28.9 Å². The van der Waals surface area contributed by atoms with Gasteiger partial charge in [-0.05, 0) is 60.3 Å². The van der Waals surface area contributed by atoms with Crippen LogP contribution in [0.3, 0.4) is 0 Å². The second-order valence-corrected chi connectivity index (χ2v) is 8.50. The van der Waals surface area contributed by atoms with Crippen molar-refractivity contribution in [1.29, 1.82) is 0 Å². The minimum absolute atomic E-state index is 0.266. The van der Waals surface area contributed by atoms with Crippen molar-refractivity contribution >= 4 is 45.6 Å². The zero-order chi connectivity index (χ0) is 23.8. The van der Waals surface area contributed by atoms with E-state index in [9.17, 15) is 19.8 Å². The monoisotopic (exact) mass is 473 g/mol. The normalized spacial score (nSPS) is 15.2. The average molecular weight is 474 g/mol. The first-order valence-corrected chi connectivity index (χ1v) is 11.1. The number of thioether (sulfide) groups is 1. The highest BCUT2D eigenvalue weighted by Crippen LogP contribution is 2.38. The lowest BCUT2D eigenvalue weighted by molar-refractivity contribution is -0.113. The molecular weight excluding hydrogens is 454 g/mol. The van der Waals surface area contributed by atoms with Gasteiger partial charge in [-0.2, -0.15) is 0 Å². The number of carbonyl (C=O) groups excluding carboxylic acids is 2.